The van der Waals surface area contributed by atoms with E-state index in [-0.39, 0.29) is 18.4 Å². The monoisotopic (exact) mass is 307 g/mol. The predicted molar refractivity (Wildman–Crippen MR) is 75.7 cm³/mol. The zero-order valence-corrected chi connectivity index (χ0v) is 11.3. The Labute approximate surface area is 114 Å². The Balaban J connectivity index is 2.17. The number of phenols is 1. The van der Waals surface area contributed by atoms with Gasteiger partial charge in [0.05, 0.1) is 12.6 Å². The molecule has 0 spiro atoms. The first kappa shape index (κ1) is 12.9. The van der Waals surface area contributed by atoms with Crippen molar-refractivity contribution >= 4 is 21.6 Å². The maximum Gasteiger partial charge on any atom is 0.115 e. The van der Waals surface area contributed by atoms with Gasteiger partial charge in [0.2, 0.25) is 0 Å². The molecule has 0 bridgehead atoms. The molecular formula is C14H14BrNO2. The molecule has 2 aromatic carbocycles. The third-order valence-corrected chi connectivity index (χ3v) is 3.14. The molecular weight excluding hydrogens is 294 g/mol. The summed E-state index contributed by atoms with van der Waals surface area (Å²) >= 11 is 3.40. The van der Waals surface area contributed by atoms with Crippen LogP contribution in [0.15, 0.2) is 53.0 Å². The molecule has 1 unspecified atom stereocenters. The van der Waals surface area contributed by atoms with Crippen LogP contribution in [0.4, 0.5) is 5.69 Å². The van der Waals surface area contributed by atoms with Crippen molar-refractivity contribution in [1.29, 1.82) is 0 Å². The minimum atomic E-state index is -0.195. The molecule has 2 aromatic rings. The molecule has 0 aromatic heterocycles. The second-order valence-corrected chi connectivity index (χ2v) is 4.90. The second kappa shape index (κ2) is 5.89. The third kappa shape index (κ3) is 3.24. The van der Waals surface area contributed by atoms with E-state index in [1.54, 1.807) is 24.3 Å². The van der Waals surface area contributed by atoms with E-state index < -0.39 is 0 Å². The van der Waals surface area contributed by atoms with E-state index in [2.05, 4.69) is 21.2 Å². The van der Waals surface area contributed by atoms with Crippen molar-refractivity contribution in [2.24, 2.45) is 0 Å². The average molecular weight is 308 g/mol. The fourth-order valence-corrected chi connectivity index (χ4v) is 2.12. The van der Waals surface area contributed by atoms with Gasteiger partial charge in [-0.1, -0.05) is 34.1 Å². The smallest absolute Gasteiger partial charge is 0.115 e. The molecule has 2 rings (SSSR count). The molecule has 1 atom stereocenters. The summed E-state index contributed by atoms with van der Waals surface area (Å²) in [5.41, 5.74) is 1.85. The summed E-state index contributed by atoms with van der Waals surface area (Å²) in [4.78, 5) is 0. The molecule has 0 fully saturated rings. The first-order valence-electron chi connectivity index (χ1n) is 5.61. The van der Waals surface area contributed by atoms with Crippen molar-refractivity contribution in [3.05, 3.63) is 58.6 Å². The van der Waals surface area contributed by atoms with E-state index in [1.165, 1.54) is 0 Å². The van der Waals surface area contributed by atoms with Gasteiger partial charge in [0.15, 0.2) is 0 Å². The molecule has 0 radical (unpaired) electrons. The number of aromatic hydroxyl groups is 1. The number of nitrogens with one attached hydrogen (secondary N) is 1. The van der Waals surface area contributed by atoms with Crippen molar-refractivity contribution in [3.63, 3.8) is 0 Å². The van der Waals surface area contributed by atoms with Gasteiger partial charge in [0.1, 0.15) is 5.75 Å². The summed E-state index contributed by atoms with van der Waals surface area (Å²) < 4.78 is 0.981. The largest absolute Gasteiger partial charge is 0.508 e. The molecule has 0 heterocycles. The number of anilines is 1. The maximum absolute atomic E-state index is 9.44. The van der Waals surface area contributed by atoms with Gasteiger partial charge in [-0.3, -0.25) is 0 Å². The van der Waals surface area contributed by atoms with Gasteiger partial charge in [0.25, 0.3) is 0 Å². The number of hydrogen-bond donors (Lipinski definition) is 3. The normalized spacial score (nSPS) is 12.1. The Morgan fingerprint density at radius 2 is 1.83 bits per heavy atom. The van der Waals surface area contributed by atoms with Gasteiger partial charge < -0.3 is 15.5 Å². The topological polar surface area (TPSA) is 52.5 Å². The molecule has 0 aliphatic carbocycles. The lowest BCUT2D eigenvalue weighted by molar-refractivity contribution is 0.276. The summed E-state index contributed by atoms with van der Waals surface area (Å²) in [5, 5.41) is 21.9. The first-order chi connectivity index (χ1) is 8.69. The minimum Gasteiger partial charge on any atom is -0.508 e. The first-order valence-corrected chi connectivity index (χ1v) is 6.40. The Kier molecular flexibility index (Phi) is 4.23. The standard InChI is InChI=1S/C14H14BrNO2/c15-11-2-1-3-12(8-11)16-14(9-17)10-4-6-13(18)7-5-10/h1-8,14,16-18H,9H2. The fraction of sp³-hybridized carbons (Fsp3) is 0.143. The third-order valence-electron chi connectivity index (χ3n) is 2.64. The molecule has 0 amide bonds. The maximum atomic E-state index is 9.44. The zero-order valence-electron chi connectivity index (χ0n) is 9.68. The lowest BCUT2D eigenvalue weighted by atomic mass is 10.1. The Morgan fingerprint density at radius 3 is 2.44 bits per heavy atom. The van der Waals surface area contributed by atoms with Gasteiger partial charge in [0, 0.05) is 10.2 Å². The highest BCUT2D eigenvalue weighted by molar-refractivity contribution is 9.10. The summed E-state index contributed by atoms with van der Waals surface area (Å²) in [6.07, 6.45) is 0. The van der Waals surface area contributed by atoms with Crippen LogP contribution < -0.4 is 5.32 Å². The second-order valence-electron chi connectivity index (χ2n) is 3.98. The van der Waals surface area contributed by atoms with E-state index in [0.29, 0.717) is 0 Å². The number of benzene rings is 2. The molecule has 94 valence electrons. The summed E-state index contributed by atoms with van der Waals surface area (Å²) in [6, 6.07) is 14.4. The van der Waals surface area contributed by atoms with Crippen LogP contribution in [0.3, 0.4) is 0 Å². The van der Waals surface area contributed by atoms with Crippen LogP contribution in [0.1, 0.15) is 11.6 Å². The van der Waals surface area contributed by atoms with Crippen LogP contribution in [0, 0.1) is 0 Å². The fourth-order valence-electron chi connectivity index (χ4n) is 1.72. The van der Waals surface area contributed by atoms with E-state index >= 15 is 0 Å². The molecule has 3 N–H and O–H groups in total. The van der Waals surface area contributed by atoms with E-state index in [9.17, 15) is 10.2 Å². The van der Waals surface area contributed by atoms with Crippen molar-refractivity contribution in [1.82, 2.24) is 0 Å². The molecule has 0 aliphatic rings. The quantitative estimate of drug-likeness (QED) is 0.812. The predicted octanol–water partition coefficient (Wildman–Crippen LogP) is 3.30. The highest BCUT2D eigenvalue weighted by Gasteiger charge is 2.10. The number of aliphatic hydroxyl groups excluding tert-OH is 1. The SMILES string of the molecule is OCC(Nc1cccc(Br)c1)c1ccc(O)cc1. The van der Waals surface area contributed by atoms with Crippen molar-refractivity contribution in [2.75, 3.05) is 11.9 Å². The summed E-state index contributed by atoms with van der Waals surface area (Å²) in [6.45, 7) is -0.0166. The van der Waals surface area contributed by atoms with Crippen LogP contribution in [-0.4, -0.2) is 16.8 Å². The Bertz CT molecular complexity index is 513. The highest BCUT2D eigenvalue weighted by atomic mass is 79.9. The summed E-state index contributed by atoms with van der Waals surface area (Å²) in [5.74, 6) is 0.220. The van der Waals surface area contributed by atoms with Crippen LogP contribution in [0.2, 0.25) is 0 Å². The molecule has 4 heteroatoms. The van der Waals surface area contributed by atoms with E-state index in [1.807, 2.05) is 24.3 Å². The van der Waals surface area contributed by atoms with E-state index in [0.717, 1.165) is 15.7 Å². The minimum absolute atomic E-state index is 0.0166. The molecule has 3 nitrogen and oxygen atoms in total. The van der Waals surface area contributed by atoms with E-state index in [4.69, 9.17) is 0 Å². The number of aliphatic hydroxyl groups is 1. The highest BCUT2D eigenvalue weighted by Crippen LogP contribution is 2.23. The number of rotatable bonds is 4. The summed E-state index contributed by atoms with van der Waals surface area (Å²) in [7, 11) is 0. The molecule has 0 saturated heterocycles. The molecule has 0 saturated carbocycles. The Hall–Kier alpha value is -1.52. The zero-order chi connectivity index (χ0) is 13.0. The van der Waals surface area contributed by atoms with Crippen molar-refractivity contribution < 1.29 is 10.2 Å². The van der Waals surface area contributed by atoms with Gasteiger partial charge in [-0.15, -0.1) is 0 Å². The number of hydrogen-bond acceptors (Lipinski definition) is 3. The van der Waals surface area contributed by atoms with Gasteiger partial charge in [-0.25, -0.2) is 0 Å². The molecule has 18 heavy (non-hydrogen) atoms. The lowest BCUT2D eigenvalue weighted by Gasteiger charge is -2.18. The number of halogens is 1. The van der Waals surface area contributed by atoms with Crippen LogP contribution >= 0.6 is 15.9 Å². The van der Waals surface area contributed by atoms with Crippen molar-refractivity contribution in [3.8, 4) is 5.75 Å². The average Bonchev–Trinajstić information content (AvgIpc) is 2.37. The van der Waals surface area contributed by atoms with Gasteiger partial charge >= 0.3 is 0 Å². The molecule has 0 aliphatic heterocycles. The van der Waals surface area contributed by atoms with Gasteiger partial charge in [-0.05, 0) is 35.9 Å². The van der Waals surface area contributed by atoms with Crippen LogP contribution in [0.5, 0.6) is 5.75 Å². The van der Waals surface area contributed by atoms with Crippen LogP contribution in [-0.2, 0) is 0 Å². The van der Waals surface area contributed by atoms with Crippen LogP contribution in [0.25, 0.3) is 0 Å². The Morgan fingerprint density at radius 1 is 1.11 bits per heavy atom. The van der Waals surface area contributed by atoms with Crippen molar-refractivity contribution in [2.45, 2.75) is 6.04 Å². The number of phenolic OH excluding ortho intramolecular Hbond substituents is 1. The lowest BCUT2D eigenvalue weighted by Crippen LogP contribution is -2.14. The van der Waals surface area contributed by atoms with Gasteiger partial charge in [-0.2, -0.15) is 0 Å².